The molecule has 132 valence electrons. The average molecular weight is 363 g/mol. The normalized spacial score (nSPS) is 18.4. The van der Waals surface area contributed by atoms with E-state index in [0.29, 0.717) is 10.5 Å². The van der Waals surface area contributed by atoms with Gasteiger partial charge in [-0.3, -0.25) is 0 Å². The third-order valence-corrected chi connectivity index (χ3v) is 5.05. The van der Waals surface area contributed by atoms with Crippen LogP contribution in [0.1, 0.15) is 33.3 Å². The summed E-state index contributed by atoms with van der Waals surface area (Å²) in [5.74, 6) is -0.294. The van der Waals surface area contributed by atoms with Crippen molar-refractivity contribution in [2.45, 2.75) is 45.5 Å². The van der Waals surface area contributed by atoms with Crippen molar-refractivity contribution in [2.24, 2.45) is 0 Å². The minimum Gasteiger partial charge on any atom is -0.486 e. The lowest BCUT2D eigenvalue weighted by Gasteiger charge is -2.32. The van der Waals surface area contributed by atoms with E-state index in [-0.39, 0.29) is 12.4 Å². The zero-order valence-corrected chi connectivity index (χ0v) is 15.6. The Morgan fingerprint density at radius 3 is 2.20 bits per heavy atom. The highest BCUT2D eigenvalue weighted by Crippen LogP contribution is 2.37. The van der Waals surface area contributed by atoms with Gasteiger partial charge < -0.3 is 14.0 Å². The molecule has 1 heterocycles. The van der Waals surface area contributed by atoms with Gasteiger partial charge in [0, 0.05) is 10.5 Å². The summed E-state index contributed by atoms with van der Waals surface area (Å²) in [5.41, 5.74) is 0.439. The number of benzene rings is 2. The molecule has 0 radical (unpaired) electrons. The van der Waals surface area contributed by atoms with E-state index in [2.05, 4.69) is 0 Å². The van der Waals surface area contributed by atoms with Gasteiger partial charge in [0.25, 0.3) is 0 Å². The molecule has 2 aromatic carbocycles. The summed E-state index contributed by atoms with van der Waals surface area (Å²) in [6.45, 7) is 8.06. The summed E-state index contributed by atoms with van der Waals surface area (Å²) in [4.78, 5) is 0. The zero-order valence-electron chi connectivity index (χ0n) is 14.8. The highest BCUT2D eigenvalue weighted by Gasteiger charge is 2.52. The summed E-state index contributed by atoms with van der Waals surface area (Å²) in [5, 5.41) is 0.646. The van der Waals surface area contributed by atoms with Crippen molar-refractivity contribution < 1.29 is 18.4 Å². The molecule has 0 amide bonds. The quantitative estimate of drug-likeness (QED) is 0.757. The van der Waals surface area contributed by atoms with E-state index in [0.717, 1.165) is 5.56 Å². The molecule has 0 saturated carbocycles. The first-order valence-electron chi connectivity index (χ1n) is 8.21. The molecule has 1 saturated heterocycles. The largest absolute Gasteiger partial charge is 0.498 e. The zero-order chi connectivity index (χ0) is 18.2. The molecule has 2 aromatic rings. The molecule has 1 fully saturated rings. The van der Waals surface area contributed by atoms with Crippen LogP contribution in [-0.4, -0.2) is 18.3 Å². The van der Waals surface area contributed by atoms with Gasteiger partial charge in [-0.2, -0.15) is 0 Å². The fourth-order valence-corrected chi connectivity index (χ4v) is 2.70. The van der Waals surface area contributed by atoms with Gasteiger partial charge in [0.15, 0.2) is 11.6 Å². The lowest BCUT2D eigenvalue weighted by atomic mass is 9.78. The molecule has 0 bridgehead atoms. The van der Waals surface area contributed by atoms with Gasteiger partial charge in [-0.15, -0.1) is 0 Å². The van der Waals surface area contributed by atoms with E-state index in [9.17, 15) is 4.39 Å². The summed E-state index contributed by atoms with van der Waals surface area (Å²) >= 11 is 5.88. The number of hydrogen-bond acceptors (Lipinski definition) is 3. The Morgan fingerprint density at radius 1 is 1.00 bits per heavy atom. The highest BCUT2D eigenvalue weighted by molar-refractivity contribution is 6.63. The summed E-state index contributed by atoms with van der Waals surface area (Å²) in [6, 6.07) is 12.0. The average Bonchev–Trinajstić information content (AvgIpc) is 2.75. The summed E-state index contributed by atoms with van der Waals surface area (Å²) in [7, 11) is -0.680. The van der Waals surface area contributed by atoms with Crippen molar-refractivity contribution in [2.75, 3.05) is 0 Å². The SMILES string of the molecule is CC1(C)OB(c2cccc(F)c2OCc2ccc(Cl)cc2)OC1(C)C. The van der Waals surface area contributed by atoms with Crippen LogP contribution in [0, 0.1) is 5.82 Å². The van der Waals surface area contributed by atoms with Crippen LogP contribution in [0.2, 0.25) is 5.02 Å². The minimum absolute atomic E-state index is 0.149. The van der Waals surface area contributed by atoms with Gasteiger partial charge >= 0.3 is 7.12 Å². The lowest BCUT2D eigenvalue weighted by Crippen LogP contribution is -2.41. The molecule has 1 aliphatic heterocycles. The monoisotopic (exact) mass is 362 g/mol. The van der Waals surface area contributed by atoms with Gasteiger partial charge in [0.1, 0.15) is 6.61 Å². The fourth-order valence-electron chi connectivity index (χ4n) is 2.57. The number of hydrogen-bond donors (Lipinski definition) is 0. The van der Waals surface area contributed by atoms with Crippen molar-refractivity contribution in [3.8, 4) is 5.75 Å². The van der Waals surface area contributed by atoms with Gasteiger partial charge in [-0.05, 0) is 51.5 Å². The van der Waals surface area contributed by atoms with Gasteiger partial charge in [0.05, 0.1) is 11.2 Å². The molecule has 0 atom stereocenters. The number of rotatable bonds is 4. The van der Waals surface area contributed by atoms with E-state index in [4.69, 9.17) is 25.6 Å². The smallest absolute Gasteiger partial charge is 0.486 e. The third-order valence-electron chi connectivity index (χ3n) is 4.80. The Morgan fingerprint density at radius 2 is 1.60 bits per heavy atom. The molecule has 3 rings (SSSR count). The molecular formula is C19H21BClFO3. The predicted molar refractivity (Wildman–Crippen MR) is 97.9 cm³/mol. The van der Waals surface area contributed by atoms with Gasteiger partial charge in [-0.1, -0.05) is 35.9 Å². The van der Waals surface area contributed by atoms with E-state index in [1.807, 2.05) is 39.8 Å². The Hall–Kier alpha value is -1.56. The van der Waals surface area contributed by atoms with Crippen LogP contribution in [0.25, 0.3) is 0 Å². The Labute approximate surface area is 153 Å². The first kappa shape index (κ1) is 18.2. The van der Waals surface area contributed by atoms with Crippen LogP contribution >= 0.6 is 11.6 Å². The molecule has 0 spiro atoms. The maximum atomic E-state index is 14.4. The topological polar surface area (TPSA) is 27.7 Å². The van der Waals surface area contributed by atoms with E-state index >= 15 is 0 Å². The first-order valence-corrected chi connectivity index (χ1v) is 8.59. The van der Waals surface area contributed by atoms with E-state index in [1.165, 1.54) is 6.07 Å². The summed E-state index contributed by atoms with van der Waals surface area (Å²) < 4.78 is 32.2. The second-order valence-corrected chi connectivity index (χ2v) is 7.60. The van der Waals surface area contributed by atoms with Crippen molar-refractivity contribution in [3.63, 3.8) is 0 Å². The third kappa shape index (κ3) is 3.69. The molecule has 0 N–H and O–H groups in total. The van der Waals surface area contributed by atoms with Crippen LogP contribution < -0.4 is 10.2 Å². The minimum atomic E-state index is -0.680. The molecule has 0 aliphatic carbocycles. The van der Waals surface area contributed by atoms with E-state index in [1.54, 1.807) is 24.3 Å². The van der Waals surface area contributed by atoms with Gasteiger partial charge in [0.2, 0.25) is 0 Å². The number of ether oxygens (including phenoxy) is 1. The molecule has 6 heteroatoms. The summed E-state index contributed by atoms with van der Waals surface area (Å²) in [6.07, 6.45) is 0. The van der Waals surface area contributed by atoms with Crippen LogP contribution in [0.5, 0.6) is 5.75 Å². The van der Waals surface area contributed by atoms with Crippen LogP contribution in [0.4, 0.5) is 4.39 Å². The molecule has 1 aliphatic rings. The fraction of sp³-hybridized carbons (Fsp3) is 0.368. The second-order valence-electron chi connectivity index (χ2n) is 7.16. The van der Waals surface area contributed by atoms with Crippen molar-refractivity contribution in [1.29, 1.82) is 0 Å². The van der Waals surface area contributed by atoms with Gasteiger partial charge in [-0.25, -0.2) is 4.39 Å². The van der Waals surface area contributed by atoms with Crippen LogP contribution in [0.15, 0.2) is 42.5 Å². The maximum absolute atomic E-state index is 14.4. The Bertz CT molecular complexity index is 746. The van der Waals surface area contributed by atoms with Crippen molar-refractivity contribution in [1.82, 2.24) is 0 Å². The standard InChI is InChI=1S/C19H21BClFO3/c1-18(2)19(3,4)25-20(24-18)15-6-5-7-16(22)17(15)23-12-13-8-10-14(21)11-9-13/h5-11H,12H2,1-4H3. The Kier molecular flexibility index (Phi) is 4.84. The second kappa shape index (κ2) is 6.63. The first-order chi connectivity index (χ1) is 11.7. The lowest BCUT2D eigenvalue weighted by molar-refractivity contribution is 0.00578. The molecule has 0 unspecified atom stereocenters. The highest BCUT2D eigenvalue weighted by atomic mass is 35.5. The van der Waals surface area contributed by atoms with Crippen LogP contribution in [0.3, 0.4) is 0 Å². The molecule has 25 heavy (non-hydrogen) atoms. The number of para-hydroxylation sites is 1. The van der Waals surface area contributed by atoms with Crippen molar-refractivity contribution in [3.05, 3.63) is 58.9 Å². The molecule has 3 nitrogen and oxygen atoms in total. The number of halogens is 2. The Balaban J connectivity index is 1.84. The maximum Gasteiger partial charge on any atom is 0.498 e. The van der Waals surface area contributed by atoms with E-state index < -0.39 is 24.1 Å². The molecular weight excluding hydrogens is 341 g/mol. The van der Waals surface area contributed by atoms with Crippen molar-refractivity contribution >= 4 is 24.2 Å². The predicted octanol–water partition coefficient (Wildman–Crippen LogP) is 4.36. The molecule has 0 aromatic heterocycles. The van der Waals surface area contributed by atoms with Crippen LogP contribution in [-0.2, 0) is 15.9 Å².